The molecule has 0 saturated carbocycles. The van der Waals surface area contributed by atoms with Crippen LogP contribution in [0.2, 0.25) is 0 Å². The maximum Gasteiger partial charge on any atom is 0.143 e. The zero-order valence-corrected chi connectivity index (χ0v) is 9.32. The van der Waals surface area contributed by atoms with Crippen molar-refractivity contribution in [2.24, 2.45) is 0 Å². The van der Waals surface area contributed by atoms with Crippen LogP contribution in [-0.2, 0) is 6.42 Å². The molecule has 0 bridgehead atoms. The third-order valence-electron chi connectivity index (χ3n) is 2.90. The first kappa shape index (κ1) is 11.1. The molecule has 1 N–H and O–H groups in total. The summed E-state index contributed by atoms with van der Waals surface area (Å²) in [4.78, 5) is 6.49. The van der Waals surface area contributed by atoms with Gasteiger partial charge in [0, 0.05) is 38.9 Å². The fraction of sp³-hybridized carbons (Fsp3) is 0.500. The summed E-state index contributed by atoms with van der Waals surface area (Å²) in [6.07, 6.45) is 2.59. The van der Waals surface area contributed by atoms with Crippen LogP contribution in [0, 0.1) is 11.3 Å². The lowest BCUT2D eigenvalue weighted by atomic mass is 10.1. The van der Waals surface area contributed by atoms with Crippen molar-refractivity contribution in [2.75, 3.05) is 32.7 Å². The van der Waals surface area contributed by atoms with E-state index < -0.39 is 0 Å². The topological polar surface area (TPSA) is 52.0 Å². The van der Waals surface area contributed by atoms with Crippen molar-refractivity contribution in [1.29, 1.82) is 5.26 Å². The number of pyridine rings is 1. The highest BCUT2D eigenvalue weighted by Crippen LogP contribution is 2.06. The van der Waals surface area contributed by atoms with E-state index in [0.717, 1.165) is 44.7 Å². The van der Waals surface area contributed by atoms with E-state index in [2.05, 4.69) is 21.3 Å². The number of nitriles is 1. The maximum atomic E-state index is 8.92. The van der Waals surface area contributed by atoms with Crippen LogP contribution in [0.1, 0.15) is 11.3 Å². The van der Waals surface area contributed by atoms with Gasteiger partial charge in [0.1, 0.15) is 11.8 Å². The number of nitrogens with zero attached hydrogens (tertiary/aromatic N) is 3. The van der Waals surface area contributed by atoms with E-state index >= 15 is 0 Å². The molecule has 84 valence electrons. The Kier molecular flexibility index (Phi) is 3.86. The van der Waals surface area contributed by atoms with Crippen molar-refractivity contribution in [2.45, 2.75) is 6.42 Å². The molecule has 1 aromatic rings. The molecule has 1 aromatic heterocycles. The van der Waals surface area contributed by atoms with E-state index in [0.29, 0.717) is 5.69 Å². The van der Waals surface area contributed by atoms with Crippen molar-refractivity contribution in [3.05, 3.63) is 29.6 Å². The fourth-order valence-corrected chi connectivity index (χ4v) is 1.95. The van der Waals surface area contributed by atoms with Crippen LogP contribution in [0.25, 0.3) is 0 Å². The van der Waals surface area contributed by atoms with E-state index in [1.54, 1.807) is 6.20 Å². The van der Waals surface area contributed by atoms with Gasteiger partial charge in [0.15, 0.2) is 0 Å². The third-order valence-corrected chi connectivity index (χ3v) is 2.90. The highest BCUT2D eigenvalue weighted by molar-refractivity contribution is 5.30. The predicted octanol–water partition coefficient (Wildman–Crippen LogP) is 0.401. The van der Waals surface area contributed by atoms with Crippen LogP contribution in [0.3, 0.4) is 0 Å². The molecular formula is C12H16N4. The first-order valence-corrected chi connectivity index (χ1v) is 5.67. The van der Waals surface area contributed by atoms with Gasteiger partial charge in [-0.25, -0.2) is 4.98 Å². The molecule has 2 heterocycles. The predicted molar refractivity (Wildman–Crippen MR) is 62.0 cm³/mol. The maximum absolute atomic E-state index is 8.92. The number of piperazine rings is 1. The minimum Gasteiger partial charge on any atom is -0.314 e. The van der Waals surface area contributed by atoms with Crippen LogP contribution >= 0.6 is 0 Å². The van der Waals surface area contributed by atoms with Crippen LogP contribution in [0.4, 0.5) is 0 Å². The Hall–Kier alpha value is -1.44. The largest absolute Gasteiger partial charge is 0.314 e. The molecule has 0 unspecified atom stereocenters. The van der Waals surface area contributed by atoms with Crippen molar-refractivity contribution in [3.8, 4) is 6.07 Å². The van der Waals surface area contributed by atoms with Crippen molar-refractivity contribution in [3.63, 3.8) is 0 Å². The van der Waals surface area contributed by atoms with E-state index in [-0.39, 0.29) is 0 Å². The van der Waals surface area contributed by atoms with Crippen LogP contribution in [-0.4, -0.2) is 42.6 Å². The van der Waals surface area contributed by atoms with E-state index in [1.165, 1.54) is 0 Å². The van der Waals surface area contributed by atoms with Gasteiger partial charge in [-0.3, -0.25) is 0 Å². The number of rotatable bonds is 3. The van der Waals surface area contributed by atoms with Crippen LogP contribution in [0.15, 0.2) is 18.3 Å². The summed E-state index contributed by atoms with van der Waals surface area (Å²) in [5.74, 6) is 0. The van der Waals surface area contributed by atoms with Gasteiger partial charge in [-0.1, -0.05) is 6.07 Å². The van der Waals surface area contributed by atoms with Crippen molar-refractivity contribution in [1.82, 2.24) is 15.2 Å². The molecule has 0 aromatic carbocycles. The molecule has 2 rings (SSSR count). The molecule has 0 radical (unpaired) electrons. The van der Waals surface area contributed by atoms with Crippen molar-refractivity contribution < 1.29 is 0 Å². The van der Waals surface area contributed by atoms with Gasteiger partial charge >= 0.3 is 0 Å². The lowest BCUT2D eigenvalue weighted by Crippen LogP contribution is -2.44. The molecule has 1 aliphatic rings. The summed E-state index contributed by atoms with van der Waals surface area (Å²) in [6.45, 7) is 5.35. The summed E-state index contributed by atoms with van der Waals surface area (Å²) >= 11 is 0. The molecule has 1 saturated heterocycles. The lowest BCUT2D eigenvalue weighted by molar-refractivity contribution is 0.244. The first-order chi connectivity index (χ1) is 7.90. The average molecular weight is 216 g/mol. The third kappa shape index (κ3) is 2.78. The summed E-state index contributed by atoms with van der Waals surface area (Å²) in [6, 6.07) is 6.03. The number of aromatic nitrogens is 1. The molecule has 16 heavy (non-hydrogen) atoms. The highest BCUT2D eigenvalue weighted by Gasteiger charge is 2.10. The van der Waals surface area contributed by atoms with E-state index in [1.807, 2.05) is 12.1 Å². The summed E-state index contributed by atoms with van der Waals surface area (Å²) in [7, 11) is 0. The molecule has 1 fully saturated rings. The Labute approximate surface area is 95.9 Å². The Morgan fingerprint density at radius 1 is 1.44 bits per heavy atom. The lowest BCUT2D eigenvalue weighted by Gasteiger charge is -2.27. The Morgan fingerprint density at radius 2 is 2.25 bits per heavy atom. The van der Waals surface area contributed by atoms with Crippen LogP contribution in [0.5, 0.6) is 0 Å². The summed E-state index contributed by atoms with van der Waals surface area (Å²) < 4.78 is 0. The van der Waals surface area contributed by atoms with E-state index in [9.17, 15) is 0 Å². The zero-order chi connectivity index (χ0) is 11.2. The quantitative estimate of drug-likeness (QED) is 0.794. The molecule has 0 aliphatic carbocycles. The summed E-state index contributed by atoms with van der Waals surface area (Å²) in [5.41, 5.74) is 1.63. The van der Waals surface area contributed by atoms with Gasteiger partial charge in [-0.05, 0) is 18.1 Å². The van der Waals surface area contributed by atoms with Gasteiger partial charge in [-0.2, -0.15) is 5.26 Å². The Morgan fingerprint density at radius 3 is 3.00 bits per heavy atom. The monoisotopic (exact) mass is 216 g/mol. The highest BCUT2D eigenvalue weighted by atomic mass is 15.2. The molecule has 1 aliphatic heterocycles. The van der Waals surface area contributed by atoms with Gasteiger partial charge in [0.2, 0.25) is 0 Å². The molecule has 4 heteroatoms. The smallest absolute Gasteiger partial charge is 0.143 e. The second-order valence-corrected chi connectivity index (χ2v) is 3.96. The molecular weight excluding hydrogens is 200 g/mol. The minimum absolute atomic E-state index is 0.567. The SMILES string of the molecule is N#Cc1ncccc1CCN1CCNCC1. The molecule has 0 atom stereocenters. The second-order valence-electron chi connectivity index (χ2n) is 3.96. The normalized spacial score (nSPS) is 16.9. The fourth-order valence-electron chi connectivity index (χ4n) is 1.95. The van der Waals surface area contributed by atoms with Gasteiger partial charge < -0.3 is 10.2 Å². The Balaban J connectivity index is 1.91. The average Bonchev–Trinajstić information content (AvgIpc) is 2.38. The first-order valence-electron chi connectivity index (χ1n) is 5.67. The molecule has 0 amide bonds. The van der Waals surface area contributed by atoms with Crippen LogP contribution < -0.4 is 5.32 Å². The van der Waals surface area contributed by atoms with Crippen molar-refractivity contribution >= 4 is 0 Å². The number of hydrogen-bond acceptors (Lipinski definition) is 4. The number of nitrogens with one attached hydrogen (secondary N) is 1. The van der Waals surface area contributed by atoms with Gasteiger partial charge in [-0.15, -0.1) is 0 Å². The Bertz CT molecular complexity index is 377. The summed E-state index contributed by atoms with van der Waals surface area (Å²) in [5, 5.41) is 12.2. The molecule has 4 nitrogen and oxygen atoms in total. The second kappa shape index (κ2) is 5.59. The van der Waals surface area contributed by atoms with E-state index in [4.69, 9.17) is 5.26 Å². The van der Waals surface area contributed by atoms with Gasteiger partial charge in [0.05, 0.1) is 0 Å². The number of hydrogen-bond donors (Lipinski definition) is 1. The molecule has 0 spiro atoms. The minimum atomic E-state index is 0.567. The standard InChI is InChI=1S/C12H16N4/c13-10-12-11(2-1-4-15-12)3-7-16-8-5-14-6-9-16/h1-2,4,14H,3,5-9H2. The van der Waals surface area contributed by atoms with Gasteiger partial charge in [0.25, 0.3) is 0 Å². The zero-order valence-electron chi connectivity index (χ0n) is 9.32.